The predicted molar refractivity (Wildman–Crippen MR) is 54.1 cm³/mol. The maximum atomic E-state index is 11.2. The summed E-state index contributed by atoms with van der Waals surface area (Å²) in [5, 5.41) is 3.27. The van der Waals surface area contributed by atoms with E-state index in [2.05, 4.69) is 14.6 Å². The van der Waals surface area contributed by atoms with Crippen LogP contribution in [-0.2, 0) is 19.1 Å². The highest BCUT2D eigenvalue weighted by molar-refractivity contribution is 6.36. The minimum Gasteiger partial charge on any atom is -0.466 e. The lowest BCUT2D eigenvalue weighted by Gasteiger charge is -2.04. The van der Waals surface area contributed by atoms with E-state index in [4.69, 9.17) is 5.84 Å². The van der Waals surface area contributed by atoms with E-state index in [0.717, 1.165) is 0 Å². The summed E-state index contributed by atoms with van der Waals surface area (Å²) in [7, 11) is 0. The molecule has 0 unspecified atom stereocenters. The smallest absolute Gasteiger partial charge is 0.354 e. The third kappa shape index (κ3) is 5.66. The van der Waals surface area contributed by atoms with E-state index in [1.54, 1.807) is 13.8 Å². The monoisotopic (exact) mass is 216 g/mol. The Kier molecular flexibility index (Phi) is 6.96. The molecule has 0 amide bonds. The molecule has 2 N–H and O–H groups in total. The Balaban J connectivity index is 4.02. The average molecular weight is 216 g/mol. The second-order valence-electron chi connectivity index (χ2n) is 2.60. The molecule has 0 atom stereocenters. The second-order valence-corrected chi connectivity index (χ2v) is 2.60. The molecule has 0 fully saturated rings. The minimum atomic E-state index is -0.593. The third-order valence-corrected chi connectivity index (χ3v) is 1.54. The number of hydrazone groups is 1. The summed E-state index contributed by atoms with van der Waals surface area (Å²) in [5.74, 6) is 4.02. The van der Waals surface area contributed by atoms with E-state index in [1.165, 1.54) is 0 Å². The molecule has 0 aliphatic rings. The SMILES string of the molecule is CCOC(=O)CC/C(=N/N)C(=O)OCC. The van der Waals surface area contributed by atoms with Gasteiger partial charge in [0.25, 0.3) is 0 Å². The molecular formula is C9H16N2O4. The van der Waals surface area contributed by atoms with Gasteiger partial charge >= 0.3 is 11.9 Å². The number of rotatable bonds is 6. The Bertz CT molecular complexity index is 250. The molecule has 6 nitrogen and oxygen atoms in total. The van der Waals surface area contributed by atoms with Gasteiger partial charge in [-0.3, -0.25) is 4.79 Å². The number of esters is 2. The molecule has 0 aliphatic carbocycles. The van der Waals surface area contributed by atoms with E-state index in [9.17, 15) is 9.59 Å². The van der Waals surface area contributed by atoms with Crippen molar-refractivity contribution in [2.75, 3.05) is 13.2 Å². The van der Waals surface area contributed by atoms with Crippen molar-refractivity contribution in [3.8, 4) is 0 Å². The summed E-state index contributed by atoms with van der Waals surface area (Å²) in [4.78, 5) is 22.1. The van der Waals surface area contributed by atoms with Crippen LogP contribution in [0.15, 0.2) is 5.10 Å². The maximum Gasteiger partial charge on any atom is 0.354 e. The summed E-state index contributed by atoms with van der Waals surface area (Å²) in [6.45, 7) is 3.95. The lowest BCUT2D eigenvalue weighted by molar-refractivity contribution is -0.142. The van der Waals surface area contributed by atoms with E-state index >= 15 is 0 Å². The van der Waals surface area contributed by atoms with Crippen molar-refractivity contribution < 1.29 is 19.1 Å². The van der Waals surface area contributed by atoms with Crippen molar-refractivity contribution >= 4 is 17.7 Å². The predicted octanol–water partition coefficient (Wildman–Crippen LogP) is 0.208. The van der Waals surface area contributed by atoms with Crippen LogP contribution in [0.2, 0.25) is 0 Å². The number of carbonyl (C=O) groups is 2. The van der Waals surface area contributed by atoms with Crippen molar-refractivity contribution in [2.24, 2.45) is 10.9 Å². The van der Waals surface area contributed by atoms with Gasteiger partial charge in [0.2, 0.25) is 0 Å². The van der Waals surface area contributed by atoms with Crippen molar-refractivity contribution in [3.05, 3.63) is 0 Å². The van der Waals surface area contributed by atoms with Crippen LogP contribution in [-0.4, -0.2) is 30.9 Å². The molecule has 0 radical (unpaired) electrons. The summed E-state index contributed by atoms with van der Waals surface area (Å²) >= 11 is 0. The van der Waals surface area contributed by atoms with Crippen LogP contribution < -0.4 is 5.84 Å². The van der Waals surface area contributed by atoms with Crippen molar-refractivity contribution in [3.63, 3.8) is 0 Å². The Morgan fingerprint density at radius 1 is 1.13 bits per heavy atom. The summed E-state index contributed by atoms with van der Waals surface area (Å²) < 4.78 is 9.37. The molecule has 6 heteroatoms. The lowest BCUT2D eigenvalue weighted by Crippen LogP contribution is -2.20. The molecule has 0 rings (SSSR count). The number of ether oxygens (including phenoxy) is 2. The van der Waals surface area contributed by atoms with Crippen LogP contribution in [0.3, 0.4) is 0 Å². The Morgan fingerprint density at radius 2 is 1.73 bits per heavy atom. The minimum absolute atomic E-state index is 0.0462. The van der Waals surface area contributed by atoms with Crippen molar-refractivity contribution in [1.82, 2.24) is 0 Å². The topological polar surface area (TPSA) is 91.0 Å². The van der Waals surface area contributed by atoms with Crippen LogP contribution >= 0.6 is 0 Å². The molecule has 15 heavy (non-hydrogen) atoms. The first-order valence-electron chi connectivity index (χ1n) is 4.75. The van der Waals surface area contributed by atoms with E-state index in [-0.39, 0.29) is 31.1 Å². The van der Waals surface area contributed by atoms with E-state index < -0.39 is 5.97 Å². The highest BCUT2D eigenvalue weighted by atomic mass is 16.5. The first-order chi connectivity index (χ1) is 7.15. The number of hydrogen-bond donors (Lipinski definition) is 1. The quantitative estimate of drug-likeness (QED) is 0.296. The van der Waals surface area contributed by atoms with Gasteiger partial charge in [-0.1, -0.05) is 0 Å². The van der Waals surface area contributed by atoms with Gasteiger partial charge in [-0.2, -0.15) is 5.10 Å². The van der Waals surface area contributed by atoms with Gasteiger partial charge in [-0.15, -0.1) is 0 Å². The Hall–Kier alpha value is -1.59. The van der Waals surface area contributed by atoms with Gasteiger partial charge in [-0.25, -0.2) is 4.79 Å². The van der Waals surface area contributed by atoms with Crippen LogP contribution in [0.4, 0.5) is 0 Å². The normalized spacial score (nSPS) is 10.9. The van der Waals surface area contributed by atoms with Crippen LogP contribution in [0, 0.1) is 0 Å². The molecule has 0 aliphatic heterocycles. The Labute approximate surface area is 88.4 Å². The second kappa shape index (κ2) is 7.78. The fourth-order valence-corrected chi connectivity index (χ4v) is 0.887. The van der Waals surface area contributed by atoms with Gasteiger partial charge < -0.3 is 15.3 Å². The lowest BCUT2D eigenvalue weighted by atomic mass is 10.2. The highest BCUT2D eigenvalue weighted by Crippen LogP contribution is 1.98. The summed E-state index contributed by atoms with van der Waals surface area (Å²) in [5.41, 5.74) is 0.0462. The molecule has 0 saturated carbocycles. The van der Waals surface area contributed by atoms with Gasteiger partial charge in [0.05, 0.1) is 19.6 Å². The molecule has 0 heterocycles. The van der Waals surface area contributed by atoms with Crippen LogP contribution in [0.5, 0.6) is 0 Å². The average Bonchev–Trinajstić information content (AvgIpc) is 2.19. The number of carbonyl (C=O) groups excluding carboxylic acids is 2. The van der Waals surface area contributed by atoms with Crippen LogP contribution in [0.25, 0.3) is 0 Å². The van der Waals surface area contributed by atoms with Crippen molar-refractivity contribution in [1.29, 1.82) is 0 Å². The third-order valence-electron chi connectivity index (χ3n) is 1.54. The first-order valence-corrected chi connectivity index (χ1v) is 4.75. The van der Waals surface area contributed by atoms with Gasteiger partial charge in [0.15, 0.2) is 0 Å². The van der Waals surface area contributed by atoms with Gasteiger partial charge in [0, 0.05) is 6.42 Å². The maximum absolute atomic E-state index is 11.2. The number of hydrogen-bond acceptors (Lipinski definition) is 6. The van der Waals surface area contributed by atoms with Crippen LogP contribution in [0.1, 0.15) is 26.7 Å². The van der Waals surface area contributed by atoms with E-state index in [0.29, 0.717) is 6.61 Å². The van der Waals surface area contributed by atoms with Gasteiger partial charge in [-0.05, 0) is 13.8 Å². The summed E-state index contributed by atoms with van der Waals surface area (Å²) in [6.07, 6.45) is 0.205. The highest BCUT2D eigenvalue weighted by Gasteiger charge is 2.14. The zero-order valence-corrected chi connectivity index (χ0v) is 8.99. The Morgan fingerprint density at radius 3 is 2.20 bits per heavy atom. The molecule has 0 aromatic heterocycles. The number of nitrogens with two attached hydrogens (primary N) is 1. The summed E-state index contributed by atoms with van der Waals surface area (Å²) in [6, 6.07) is 0. The fraction of sp³-hybridized carbons (Fsp3) is 0.667. The van der Waals surface area contributed by atoms with Crippen molar-refractivity contribution in [2.45, 2.75) is 26.7 Å². The standard InChI is InChI=1S/C9H16N2O4/c1-3-14-8(12)6-5-7(11-10)9(13)15-4-2/h3-6,10H2,1-2H3/b11-7-. The molecular weight excluding hydrogens is 200 g/mol. The zero-order chi connectivity index (χ0) is 11.7. The van der Waals surface area contributed by atoms with Gasteiger partial charge in [0.1, 0.15) is 5.71 Å². The molecule has 0 aromatic carbocycles. The molecule has 0 spiro atoms. The van der Waals surface area contributed by atoms with E-state index in [1.807, 2.05) is 0 Å². The molecule has 0 saturated heterocycles. The largest absolute Gasteiger partial charge is 0.466 e. The fourth-order valence-electron chi connectivity index (χ4n) is 0.887. The molecule has 0 aromatic rings. The molecule has 0 bridgehead atoms. The zero-order valence-electron chi connectivity index (χ0n) is 8.99. The first kappa shape index (κ1) is 13.4. The number of nitrogens with zero attached hydrogens (tertiary/aromatic N) is 1. The molecule has 86 valence electrons.